The van der Waals surface area contributed by atoms with Gasteiger partial charge < -0.3 is 10.2 Å². The van der Waals surface area contributed by atoms with Crippen LogP contribution in [0.4, 0.5) is 0 Å². The Balaban J connectivity index is 2.27. The van der Waals surface area contributed by atoms with Crippen molar-refractivity contribution in [2.45, 2.75) is 12.5 Å². The molecule has 1 atom stereocenters. The fourth-order valence-corrected chi connectivity index (χ4v) is 2.10. The van der Waals surface area contributed by atoms with Gasteiger partial charge in [-0.1, -0.05) is 6.07 Å². The Hall–Kier alpha value is -1.20. The van der Waals surface area contributed by atoms with Crippen molar-refractivity contribution in [3.63, 3.8) is 0 Å². The van der Waals surface area contributed by atoms with Gasteiger partial charge in [0.1, 0.15) is 0 Å². The molecule has 4 nitrogen and oxygen atoms in total. The standard InChI is InChI=1S/C11H14N2O2S/c1-16-5-4-8(12)7-2-3-10-9(6-7)13-11(14)15-10/h2-3,6,8H,4-5,12H2,1H3,(H,13,14). The van der Waals surface area contributed by atoms with Crippen molar-refractivity contribution < 1.29 is 4.42 Å². The van der Waals surface area contributed by atoms with Gasteiger partial charge in [0.2, 0.25) is 0 Å². The fourth-order valence-electron chi connectivity index (χ4n) is 1.61. The third-order valence-electron chi connectivity index (χ3n) is 2.50. The lowest BCUT2D eigenvalue weighted by molar-refractivity contribution is 0.555. The van der Waals surface area contributed by atoms with E-state index in [9.17, 15) is 4.79 Å². The van der Waals surface area contributed by atoms with Crippen LogP contribution in [0.5, 0.6) is 0 Å². The molecule has 3 N–H and O–H groups in total. The first-order valence-electron chi connectivity index (χ1n) is 5.08. The van der Waals surface area contributed by atoms with Crippen LogP contribution in [0.1, 0.15) is 18.0 Å². The molecule has 0 bridgehead atoms. The summed E-state index contributed by atoms with van der Waals surface area (Å²) >= 11 is 1.78. The Kier molecular flexibility index (Phi) is 3.36. The summed E-state index contributed by atoms with van der Waals surface area (Å²) in [4.78, 5) is 13.6. The first kappa shape index (κ1) is 11.3. The molecule has 1 aromatic carbocycles. The third-order valence-corrected chi connectivity index (χ3v) is 3.15. The zero-order valence-corrected chi connectivity index (χ0v) is 9.84. The van der Waals surface area contributed by atoms with Crippen molar-refractivity contribution in [2.24, 2.45) is 5.73 Å². The number of benzene rings is 1. The van der Waals surface area contributed by atoms with Gasteiger partial charge in [0.05, 0.1) is 5.52 Å². The topological polar surface area (TPSA) is 72.0 Å². The summed E-state index contributed by atoms with van der Waals surface area (Å²) in [6.07, 6.45) is 2.98. The van der Waals surface area contributed by atoms with Gasteiger partial charge in [-0.15, -0.1) is 0 Å². The fraction of sp³-hybridized carbons (Fsp3) is 0.364. The van der Waals surface area contributed by atoms with E-state index in [0.29, 0.717) is 11.1 Å². The Morgan fingerprint density at radius 2 is 2.38 bits per heavy atom. The van der Waals surface area contributed by atoms with E-state index >= 15 is 0 Å². The van der Waals surface area contributed by atoms with Gasteiger partial charge >= 0.3 is 5.76 Å². The number of rotatable bonds is 4. The summed E-state index contributed by atoms with van der Waals surface area (Å²) in [5, 5.41) is 0. The van der Waals surface area contributed by atoms with Crippen LogP contribution in [0.15, 0.2) is 27.4 Å². The van der Waals surface area contributed by atoms with E-state index in [1.54, 1.807) is 17.8 Å². The first-order valence-corrected chi connectivity index (χ1v) is 6.47. The van der Waals surface area contributed by atoms with Gasteiger partial charge in [-0.3, -0.25) is 4.98 Å². The molecule has 1 unspecified atom stereocenters. The molecular formula is C11H14N2O2S. The third kappa shape index (κ3) is 2.31. The smallest absolute Gasteiger partial charge is 0.408 e. The number of nitrogens with two attached hydrogens (primary N) is 1. The number of aromatic nitrogens is 1. The summed E-state index contributed by atoms with van der Waals surface area (Å²) in [6.45, 7) is 0. The molecule has 0 radical (unpaired) electrons. The summed E-state index contributed by atoms with van der Waals surface area (Å²) in [7, 11) is 0. The van der Waals surface area contributed by atoms with Gasteiger partial charge in [0.25, 0.3) is 0 Å². The lowest BCUT2D eigenvalue weighted by atomic mass is 10.1. The minimum Gasteiger partial charge on any atom is -0.408 e. The van der Waals surface area contributed by atoms with Crippen LogP contribution in [0.3, 0.4) is 0 Å². The van der Waals surface area contributed by atoms with E-state index in [4.69, 9.17) is 10.2 Å². The zero-order chi connectivity index (χ0) is 11.5. The number of thioether (sulfide) groups is 1. The zero-order valence-electron chi connectivity index (χ0n) is 9.03. The van der Waals surface area contributed by atoms with Crippen LogP contribution < -0.4 is 11.5 Å². The van der Waals surface area contributed by atoms with Crippen LogP contribution in [0.2, 0.25) is 0 Å². The highest BCUT2D eigenvalue weighted by Crippen LogP contribution is 2.20. The van der Waals surface area contributed by atoms with Gasteiger partial charge in [-0.2, -0.15) is 11.8 Å². The minimum absolute atomic E-state index is 0.00949. The van der Waals surface area contributed by atoms with Crippen LogP contribution in [-0.4, -0.2) is 17.0 Å². The Morgan fingerprint density at radius 3 is 3.12 bits per heavy atom. The predicted molar refractivity (Wildman–Crippen MR) is 66.8 cm³/mol. The van der Waals surface area contributed by atoms with Crippen molar-refractivity contribution in [2.75, 3.05) is 12.0 Å². The van der Waals surface area contributed by atoms with E-state index in [2.05, 4.69) is 11.2 Å². The molecule has 5 heteroatoms. The molecule has 0 saturated heterocycles. The lowest BCUT2D eigenvalue weighted by Gasteiger charge is -2.10. The van der Waals surface area contributed by atoms with E-state index < -0.39 is 5.76 Å². The maximum atomic E-state index is 11.0. The molecule has 0 spiro atoms. The monoisotopic (exact) mass is 238 g/mol. The average Bonchev–Trinajstić information content (AvgIpc) is 2.64. The maximum Gasteiger partial charge on any atom is 0.417 e. The quantitative estimate of drug-likeness (QED) is 0.853. The highest BCUT2D eigenvalue weighted by atomic mass is 32.2. The summed E-state index contributed by atoms with van der Waals surface area (Å²) in [5.74, 6) is 0.603. The molecule has 0 saturated carbocycles. The van der Waals surface area contributed by atoms with Crippen molar-refractivity contribution >= 4 is 22.9 Å². The maximum absolute atomic E-state index is 11.0. The van der Waals surface area contributed by atoms with Crippen LogP contribution in [0, 0.1) is 0 Å². The second-order valence-electron chi connectivity index (χ2n) is 3.66. The minimum atomic E-state index is -0.426. The number of aromatic amines is 1. The normalized spacial score (nSPS) is 13.1. The number of fused-ring (bicyclic) bond motifs is 1. The van der Waals surface area contributed by atoms with Crippen LogP contribution in [0.25, 0.3) is 11.1 Å². The SMILES string of the molecule is CSCCC(N)c1ccc2oc(=O)[nH]c2c1. The van der Waals surface area contributed by atoms with Gasteiger partial charge in [-0.25, -0.2) is 4.79 Å². The molecule has 0 aliphatic rings. The van der Waals surface area contributed by atoms with Crippen molar-refractivity contribution in [3.05, 3.63) is 34.3 Å². The number of oxazole rings is 1. The molecule has 0 fully saturated rings. The Bertz CT molecular complexity index is 532. The molecule has 2 aromatic rings. The molecule has 0 aliphatic heterocycles. The van der Waals surface area contributed by atoms with Crippen LogP contribution in [-0.2, 0) is 0 Å². The van der Waals surface area contributed by atoms with E-state index in [1.165, 1.54) is 0 Å². The predicted octanol–water partition coefficient (Wildman–Crippen LogP) is 1.87. The second kappa shape index (κ2) is 4.76. The first-order chi connectivity index (χ1) is 7.70. The van der Waals surface area contributed by atoms with Gasteiger partial charge in [0.15, 0.2) is 5.58 Å². The van der Waals surface area contributed by atoms with Crippen LogP contribution >= 0.6 is 11.8 Å². The number of hydrogen-bond acceptors (Lipinski definition) is 4. The summed E-state index contributed by atoms with van der Waals surface area (Å²) in [5.41, 5.74) is 8.35. The summed E-state index contributed by atoms with van der Waals surface area (Å²) < 4.78 is 4.93. The Labute approximate surface area is 97.2 Å². The van der Waals surface area contributed by atoms with E-state index in [1.807, 2.05) is 12.1 Å². The molecular weight excluding hydrogens is 224 g/mol. The Morgan fingerprint density at radius 1 is 1.56 bits per heavy atom. The highest BCUT2D eigenvalue weighted by molar-refractivity contribution is 7.98. The average molecular weight is 238 g/mol. The van der Waals surface area contributed by atoms with Crippen molar-refractivity contribution in [1.29, 1.82) is 0 Å². The van der Waals surface area contributed by atoms with E-state index in [0.717, 1.165) is 17.7 Å². The largest absolute Gasteiger partial charge is 0.417 e. The molecule has 2 rings (SSSR count). The molecule has 16 heavy (non-hydrogen) atoms. The van der Waals surface area contributed by atoms with Crippen molar-refractivity contribution in [1.82, 2.24) is 4.98 Å². The lowest BCUT2D eigenvalue weighted by Crippen LogP contribution is -2.10. The highest BCUT2D eigenvalue weighted by Gasteiger charge is 2.08. The number of H-pyrrole nitrogens is 1. The number of nitrogens with one attached hydrogen (secondary N) is 1. The van der Waals surface area contributed by atoms with Gasteiger partial charge in [-0.05, 0) is 36.1 Å². The number of hydrogen-bond donors (Lipinski definition) is 2. The van der Waals surface area contributed by atoms with Gasteiger partial charge in [0, 0.05) is 6.04 Å². The molecule has 86 valence electrons. The van der Waals surface area contributed by atoms with E-state index in [-0.39, 0.29) is 6.04 Å². The van der Waals surface area contributed by atoms with Crippen molar-refractivity contribution in [3.8, 4) is 0 Å². The second-order valence-corrected chi connectivity index (χ2v) is 4.64. The summed E-state index contributed by atoms with van der Waals surface area (Å²) in [6, 6.07) is 5.58. The molecule has 0 aliphatic carbocycles. The molecule has 1 heterocycles. The molecule has 0 amide bonds. The molecule has 1 aromatic heterocycles.